The molecule has 4 heterocycles. The second kappa shape index (κ2) is 6.72. The molecule has 4 rings (SSSR count). The van der Waals surface area contributed by atoms with Crippen LogP contribution < -0.4 is 0 Å². The molecular formula is C21H20F3N5. The van der Waals surface area contributed by atoms with E-state index in [1.165, 1.54) is 6.07 Å². The summed E-state index contributed by atoms with van der Waals surface area (Å²) in [6.07, 6.45) is 4.14. The van der Waals surface area contributed by atoms with Crippen LogP contribution in [-0.4, -0.2) is 24.1 Å². The number of hydrogen-bond acceptors (Lipinski definition) is 3. The van der Waals surface area contributed by atoms with Gasteiger partial charge in [-0.05, 0) is 29.7 Å². The number of aromatic nitrogens is 5. The minimum Gasteiger partial charge on any atom is -0.307 e. The third-order valence-corrected chi connectivity index (χ3v) is 4.44. The molecule has 4 aromatic rings. The van der Waals surface area contributed by atoms with Gasteiger partial charge < -0.3 is 4.40 Å². The largest absolute Gasteiger partial charge is 0.433 e. The zero-order chi connectivity index (χ0) is 20.8. The minimum absolute atomic E-state index is 0.0240. The van der Waals surface area contributed by atoms with Gasteiger partial charge in [0.15, 0.2) is 0 Å². The van der Waals surface area contributed by atoms with Gasteiger partial charge in [-0.3, -0.25) is 4.68 Å². The Hall–Kier alpha value is -3.16. The maximum atomic E-state index is 13.3. The van der Waals surface area contributed by atoms with Gasteiger partial charge in [-0.25, -0.2) is 9.97 Å². The van der Waals surface area contributed by atoms with Crippen LogP contribution in [0.3, 0.4) is 0 Å². The predicted octanol–water partition coefficient (Wildman–Crippen LogP) is 5.32. The highest BCUT2D eigenvalue weighted by molar-refractivity contribution is 5.81. The minimum atomic E-state index is -4.53. The number of nitrogens with zero attached hydrogens (tertiary/aromatic N) is 5. The predicted molar refractivity (Wildman–Crippen MR) is 104 cm³/mol. The molecule has 8 heteroatoms. The summed E-state index contributed by atoms with van der Waals surface area (Å²) < 4.78 is 43.5. The fourth-order valence-corrected chi connectivity index (χ4v) is 3.20. The number of imidazole rings is 1. The van der Waals surface area contributed by atoms with Crippen LogP contribution in [0.15, 0.2) is 55.2 Å². The third kappa shape index (κ3) is 4.01. The van der Waals surface area contributed by atoms with Crippen molar-refractivity contribution in [2.24, 2.45) is 5.41 Å². The fourth-order valence-electron chi connectivity index (χ4n) is 3.20. The van der Waals surface area contributed by atoms with E-state index in [0.29, 0.717) is 28.9 Å². The summed E-state index contributed by atoms with van der Waals surface area (Å²) in [6.45, 7) is 6.98. The van der Waals surface area contributed by atoms with Gasteiger partial charge in [-0.15, -0.1) is 0 Å². The van der Waals surface area contributed by atoms with Crippen LogP contribution in [-0.2, 0) is 12.7 Å². The Labute approximate surface area is 165 Å². The number of pyridine rings is 2. The molecule has 0 aromatic carbocycles. The molecule has 0 bridgehead atoms. The third-order valence-electron chi connectivity index (χ3n) is 4.44. The zero-order valence-electron chi connectivity index (χ0n) is 16.3. The highest BCUT2D eigenvalue weighted by atomic mass is 19.4. The van der Waals surface area contributed by atoms with Crippen LogP contribution in [0.1, 0.15) is 26.5 Å². The number of halogens is 3. The van der Waals surface area contributed by atoms with Gasteiger partial charge >= 0.3 is 6.18 Å². The molecule has 29 heavy (non-hydrogen) atoms. The van der Waals surface area contributed by atoms with Crippen molar-refractivity contribution in [2.45, 2.75) is 33.5 Å². The maximum absolute atomic E-state index is 13.3. The van der Waals surface area contributed by atoms with Gasteiger partial charge in [0.2, 0.25) is 0 Å². The molecule has 5 nitrogen and oxygen atoms in total. The van der Waals surface area contributed by atoms with Gasteiger partial charge in [-0.1, -0.05) is 20.8 Å². The van der Waals surface area contributed by atoms with E-state index in [2.05, 4.69) is 35.8 Å². The molecule has 0 amide bonds. The Morgan fingerprint density at radius 2 is 1.79 bits per heavy atom. The highest BCUT2D eigenvalue weighted by Crippen LogP contribution is 2.35. The van der Waals surface area contributed by atoms with Crippen molar-refractivity contribution in [3.63, 3.8) is 0 Å². The molecule has 0 radical (unpaired) electrons. The summed E-state index contributed by atoms with van der Waals surface area (Å²) in [5.41, 5.74) is 1.85. The fraction of sp³-hybridized carbons (Fsp3) is 0.286. The average Bonchev–Trinajstić information content (AvgIpc) is 3.27. The molecule has 0 fully saturated rings. The van der Waals surface area contributed by atoms with Crippen molar-refractivity contribution in [1.82, 2.24) is 24.1 Å². The normalized spacial score (nSPS) is 12.6. The second-order valence-corrected chi connectivity index (χ2v) is 8.19. The first-order chi connectivity index (χ1) is 13.6. The first-order valence-electron chi connectivity index (χ1n) is 9.14. The molecule has 0 aliphatic rings. The smallest absolute Gasteiger partial charge is 0.307 e. The van der Waals surface area contributed by atoms with Gasteiger partial charge in [0.1, 0.15) is 11.3 Å². The Morgan fingerprint density at radius 1 is 1.00 bits per heavy atom. The van der Waals surface area contributed by atoms with Crippen LogP contribution >= 0.6 is 0 Å². The van der Waals surface area contributed by atoms with Crippen molar-refractivity contribution < 1.29 is 13.2 Å². The Morgan fingerprint density at radius 3 is 2.52 bits per heavy atom. The van der Waals surface area contributed by atoms with E-state index in [1.54, 1.807) is 46.0 Å². The number of fused-ring (bicyclic) bond motifs is 1. The van der Waals surface area contributed by atoms with Crippen LogP contribution in [0.2, 0.25) is 0 Å². The standard InChI is InChI=1S/C21H20F3N5/c1-20(2,3)13-29-12-15(11-26-29)16-4-5-17(21(22,23)24)27-19(16)14-6-8-28-9-7-25-18(28)10-14/h4-12H,13H2,1-3H3. The molecule has 0 aliphatic heterocycles. The molecule has 0 unspecified atom stereocenters. The summed E-state index contributed by atoms with van der Waals surface area (Å²) in [7, 11) is 0. The van der Waals surface area contributed by atoms with E-state index in [0.717, 1.165) is 6.07 Å². The van der Waals surface area contributed by atoms with E-state index >= 15 is 0 Å². The van der Waals surface area contributed by atoms with Crippen LogP contribution in [0.5, 0.6) is 0 Å². The summed E-state index contributed by atoms with van der Waals surface area (Å²) in [6, 6.07) is 5.93. The van der Waals surface area contributed by atoms with Gasteiger partial charge in [0, 0.05) is 48.0 Å². The molecule has 0 aliphatic carbocycles. The van der Waals surface area contributed by atoms with Crippen molar-refractivity contribution in [3.8, 4) is 22.4 Å². The summed E-state index contributed by atoms with van der Waals surface area (Å²) in [5.74, 6) is 0. The van der Waals surface area contributed by atoms with E-state index in [4.69, 9.17) is 0 Å². The lowest BCUT2D eigenvalue weighted by Crippen LogP contribution is -2.15. The molecular weight excluding hydrogens is 379 g/mol. The SMILES string of the molecule is CC(C)(C)Cn1cc(-c2ccc(C(F)(F)F)nc2-c2ccn3ccnc3c2)cn1. The molecule has 150 valence electrons. The van der Waals surface area contributed by atoms with Crippen molar-refractivity contribution in [1.29, 1.82) is 0 Å². The molecule has 0 N–H and O–H groups in total. The number of hydrogen-bond donors (Lipinski definition) is 0. The van der Waals surface area contributed by atoms with Crippen molar-refractivity contribution in [2.75, 3.05) is 0 Å². The molecule has 0 atom stereocenters. The molecule has 4 aromatic heterocycles. The summed E-state index contributed by atoms with van der Waals surface area (Å²) in [5, 5.41) is 4.38. The second-order valence-electron chi connectivity index (χ2n) is 8.19. The summed E-state index contributed by atoms with van der Waals surface area (Å²) in [4.78, 5) is 8.19. The quantitative estimate of drug-likeness (QED) is 0.468. The lowest BCUT2D eigenvalue weighted by atomic mass is 9.97. The highest BCUT2D eigenvalue weighted by Gasteiger charge is 2.33. The van der Waals surface area contributed by atoms with Gasteiger partial charge in [-0.2, -0.15) is 18.3 Å². The van der Waals surface area contributed by atoms with Gasteiger partial charge in [0.25, 0.3) is 0 Å². The van der Waals surface area contributed by atoms with E-state index in [1.807, 2.05) is 6.20 Å². The average molecular weight is 399 g/mol. The van der Waals surface area contributed by atoms with E-state index in [9.17, 15) is 13.2 Å². The summed E-state index contributed by atoms with van der Waals surface area (Å²) >= 11 is 0. The Balaban J connectivity index is 1.85. The van der Waals surface area contributed by atoms with E-state index in [-0.39, 0.29) is 11.1 Å². The topological polar surface area (TPSA) is 48.0 Å². The molecule has 0 saturated heterocycles. The number of alkyl halides is 3. The lowest BCUT2D eigenvalue weighted by Gasteiger charge is -2.17. The van der Waals surface area contributed by atoms with E-state index < -0.39 is 11.9 Å². The van der Waals surface area contributed by atoms with Crippen LogP contribution in [0, 0.1) is 5.41 Å². The van der Waals surface area contributed by atoms with Crippen molar-refractivity contribution in [3.05, 3.63) is 60.9 Å². The van der Waals surface area contributed by atoms with Crippen LogP contribution in [0.4, 0.5) is 13.2 Å². The Kier molecular flexibility index (Phi) is 4.44. The zero-order valence-corrected chi connectivity index (χ0v) is 16.3. The molecule has 0 saturated carbocycles. The van der Waals surface area contributed by atoms with Gasteiger partial charge in [0.05, 0.1) is 11.9 Å². The lowest BCUT2D eigenvalue weighted by molar-refractivity contribution is -0.141. The maximum Gasteiger partial charge on any atom is 0.433 e. The first-order valence-corrected chi connectivity index (χ1v) is 9.14. The van der Waals surface area contributed by atoms with Crippen LogP contribution in [0.25, 0.3) is 28.0 Å². The van der Waals surface area contributed by atoms with Crippen molar-refractivity contribution >= 4 is 5.65 Å². The molecule has 0 spiro atoms. The Bertz CT molecular complexity index is 1160. The number of rotatable bonds is 3. The first kappa shape index (κ1) is 19.2. The monoisotopic (exact) mass is 399 g/mol.